The number of rotatable bonds is 4. The van der Waals surface area contributed by atoms with Gasteiger partial charge in [0.1, 0.15) is 10.4 Å². The van der Waals surface area contributed by atoms with Gasteiger partial charge < -0.3 is 15.2 Å². The number of hydrogen-bond donors (Lipinski definition) is 2. The van der Waals surface area contributed by atoms with E-state index in [0.29, 0.717) is 6.04 Å². The van der Waals surface area contributed by atoms with Crippen LogP contribution in [0.3, 0.4) is 0 Å². The van der Waals surface area contributed by atoms with E-state index >= 15 is 0 Å². The minimum absolute atomic E-state index is 0.175. The Hall–Kier alpha value is -0.690. The van der Waals surface area contributed by atoms with Gasteiger partial charge in [-0.15, -0.1) is 0 Å². The number of nitrogens with zero attached hydrogens (tertiary/aromatic N) is 2. The van der Waals surface area contributed by atoms with Crippen molar-refractivity contribution >= 4 is 21.7 Å². The van der Waals surface area contributed by atoms with Crippen molar-refractivity contribution in [3.8, 4) is 0 Å². The van der Waals surface area contributed by atoms with Gasteiger partial charge in [0.2, 0.25) is 0 Å². The molecule has 0 aromatic carbocycles. The number of anilines is 1. The van der Waals surface area contributed by atoms with Gasteiger partial charge >= 0.3 is 0 Å². The van der Waals surface area contributed by atoms with Gasteiger partial charge in [0, 0.05) is 25.7 Å². The van der Waals surface area contributed by atoms with Gasteiger partial charge in [0.15, 0.2) is 0 Å². The number of nitrogens with one attached hydrogen (secondary N) is 1. The average Bonchev–Trinajstić information content (AvgIpc) is 2.47. The van der Waals surface area contributed by atoms with E-state index in [2.05, 4.69) is 43.3 Å². The maximum atomic E-state index is 9.79. The zero-order valence-corrected chi connectivity index (χ0v) is 14.4. The van der Waals surface area contributed by atoms with Crippen molar-refractivity contribution in [2.75, 3.05) is 31.6 Å². The van der Waals surface area contributed by atoms with E-state index in [9.17, 15) is 5.11 Å². The van der Waals surface area contributed by atoms with Gasteiger partial charge in [-0.1, -0.05) is 0 Å². The molecule has 1 aromatic rings. The second-order valence-electron chi connectivity index (χ2n) is 6.23. The normalized spacial score (nSPS) is 26.8. The number of aliphatic hydroxyl groups is 1. The topological polar surface area (TPSA) is 57.6 Å². The minimum atomic E-state index is -0.175. The summed E-state index contributed by atoms with van der Waals surface area (Å²) in [6.45, 7) is 4.52. The van der Waals surface area contributed by atoms with Crippen LogP contribution in [0.25, 0.3) is 0 Å². The number of ether oxygens (including phenoxy) is 1. The highest BCUT2D eigenvalue weighted by molar-refractivity contribution is 9.10. The number of hydrogen-bond acceptors (Lipinski definition) is 5. The fraction of sp³-hybridized carbons (Fsp3) is 0.688. The molecule has 0 spiro atoms. The van der Waals surface area contributed by atoms with Gasteiger partial charge in [-0.2, -0.15) is 0 Å². The van der Waals surface area contributed by atoms with Crippen LogP contribution in [0.2, 0.25) is 0 Å². The molecule has 2 N–H and O–H groups in total. The summed E-state index contributed by atoms with van der Waals surface area (Å²) in [5.41, 5.74) is 1.25. The molecular formula is C16H24BrN3O2. The molecule has 1 aliphatic carbocycles. The van der Waals surface area contributed by atoms with E-state index in [-0.39, 0.29) is 6.10 Å². The van der Waals surface area contributed by atoms with Crippen LogP contribution in [-0.2, 0) is 11.3 Å². The highest BCUT2D eigenvalue weighted by Gasteiger charge is 2.20. The van der Waals surface area contributed by atoms with Crippen molar-refractivity contribution in [3.63, 3.8) is 0 Å². The Kier molecular flexibility index (Phi) is 5.68. The number of aliphatic hydroxyl groups excluding tert-OH is 1. The summed E-state index contributed by atoms with van der Waals surface area (Å²) < 4.78 is 6.25. The smallest absolute Gasteiger partial charge is 0.127 e. The Morgan fingerprint density at radius 1 is 1.32 bits per heavy atom. The fourth-order valence-electron chi connectivity index (χ4n) is 3.24. The molecule has 22 heavy (non-hydrogen) atoms. The SMILES string of the molecule is OC1CCCC(Nc2cc(CN3CCOCC3)cc(Br)n2)C1. The Morgan fingerprint density at radius 2 is 2.14 bits per heavy atom. The molecule has 2 unspecified atom stereocenters. The van der Waals surface area contributed by atoms with E-state index in [1.807, 2.05) is 0 Å². The molecule has 6 heteroatoms. The summed E-state index contributed by atoms with van der Waals surface area (Å²) in [5, 5.41) is 13.3. The van der Waals surface area contributed by atoms with Crippen molar-refractivity contribution in [1.29, 1.82) is 0 Å². The first-order valence-corrected chi connectivity index (χ1v) is 8.89. The van der Waals surface area contributed by atoms with Gasteiger partial charge in [0.05, 0.1) is 19.3 Å². The quantitative estimate of drug-likeness (QED) is 0.798. The fourth-order valence-corrected chi connectivity index (χ4v) is 3.72. The Bertz CT molecular complexity index is 494. The van der Waals surface area contributed by atoms with Crippen LogP contribution in [0.4, 0.5) is 5.82 Å². The third-order valence-electron chi connectivity index (χ3n) is 4.36. The van der Waals surface area contributed by atoms with Crippen molar-refractivity contribution in [2.24, 2.45) is 0 Å². The Balaban J connectivity index is 1.63. The molecule has 1 aliphatic heterocycles. The van der Waals surface area contributed by atoms with Gasteiger partial charge in [-0.3, -0.25) is 4.90 Å². The third kappa shape index (κ3) is 4.65. The van der Waals surface area contributed by atoms with Gasteiger partial charge in [-0.25, -0.2) is 4.98 Å². The van der Waals surface area contributed by atoms with Gasteiger partial charge in [-0.05, 0) is 59.3 Å². The third-order valence-corrected chi connectivity index (χ3v) is 4.77. The number of aromatic nitrogens is 1. The molecule has 5 nitrogen and oxygen atoms in total. The largest absolute Gasteiger partial charge is 0.393 e. The first-order chi connectivity index (χ1) is 10.7. The zero-order chi connectivity index (χ0) is 15.4. The predicted molar refractivity (Wildman–Crippen MR) is 89.9 cm³/mol. The first kappa shape index (κ1) is 16.2. The van der Waals surface area contributed by atoms with Crippen molar-refractivity contribution in [3.05, 3.63) is 22.3 Å². The molecule has 0 radical (unpaired) electrons. The van der Waals surface area contributed by atoms with E-state index in [1.54, 1.807) is 0 Å². The predicted octanol–water partition coefficient (Wildman–Crippen LogP) is 2.39. The summed E-state index contributed by atoms with van der Waals surface area (Å²) >= 11 is 3.51. The molecule has 1 aromatic heterocycles. The summed E-state index contributed by atoms with van der Waals surface area (Å²) in [5.74, 6) is 0.900. The monoisotopic (exact) mass is 369 g/mol. The van der Waals surface area contributed by atoms with Crippen LogP contribution in [0.5, 0.6) is 0 Å². The second-order valence-corrected chi connectivity index (χ2v) is 7.05. The van der Waals surface area contributed by atoms with Crippen LogP contribution in [0.1, 0.15) is 31.2 Å². The molecular weight excluding hydrogens is 346 g/mol. The molecule has 2 fully saturated rings. The number of halogens is 1. The highest BCUT2D eigenvalue weighted by Crippen LogP contribution is 2.23. The van der Waals surface area contributed by atoms with Crippen molar-refractivity contribution in [1.82, 2.24) is 9.88 Å². The Labute approximate surface area is 140 Å². The lowest BCUT2D eigenvalue weighted by atomic mass is 9.93. The summed E-state index contributed by atoms with van der Waals surface area (Å²) in [6.07, 6.45) is 3.74. The molecule has 3 rings (SSSR count). The highest BCUT2D eigenvalue weighted by atomic mass is 79.9. The molecule has 122 valence electrons. The van der Waals surface area contributed by atoms with Crippen LogP contribution in [0.15, 0.2) is 16.7 Å². The lowest BCUT2D eigenvalue weighted by Crippen LogP contribution is -2.35. The average molecular weight is 370 g/mol. The summed E-state index contributed by atoms with van der Waals surface area (Å²) in [6, 6.07) is 4.53. The minimum Gasteiger partial charge on any atom is -0.393 e. The number of pyridine rings is 1. The van der Waals surface area contributed by atoms with E-state index < -0.39 is 0 Å². The van der Waals surface area contributed by atoms with E-state index in [1.165, 1.54) is 5.56 Å². The zero-order valence-electron chi connectivity index (χ0n) is 12.8. The lowest BCUT2D eigenvalue weighted by Gasteiger charge is -2.28. The number of morpholine rings is 1. The van der Waals surface area contributed by atoms with E-state index in [4.69, 9.17) is 4.74 Å². The Morgan fingerprint density at radius 3 is 2.91 bits per heavy atom. The lowest BCUT2D eigenvalue weighted by molar-refractivity contribution is 0.0342. The summed E-state index contributed by atoms with van der Waals surface area (Å²) in [7, 11) is 0. The first-order valence-electron chi connectivity index (χ1n) is 8.10. The molecule has 0 bridgehead atoms. The molecule has 1 saturated carbocycles. The summed E-state index contributed by atoms with van der Waals surface area (Å²) in [4.78, 5) is 6.93. The van der Waals surface area contributed by atoms with Crippen LogP contribution >= 0.6 is 15.9 Å². The van der Waals surface area contributed by atoms with Crippen molar-refractivity contribution in [2.45, 2.75) is 44.4 Å². The van der Waals surface area contributed by atoms with Crippen LogP contribution in [0, 0.1) is 0 Å². The van der Waals surface area contributed by atoms with Gasteiger partial charge in [0.25, 0.3) is 0 Å². The van der Waals surface area contributed by atoms with E-state index in [0.717, 1.165) is 69.0 Å². The molecule has 2 atom stereocenters. The second kappa shape index (κ2) is 7.73. The van der Waals surface area contributed by atoms with Crippen molar-refractivity contribution < 1.29 is 9.84 Å². The van der Waals surface area contributed by atoms with Crippen LogP contribution in [-0.4, -0.2) is 53.4 Å². The molecule has 2 heterocycles. The molecule has 1 saturated heterocycles. The maximum absolute atomic E-state index is 9.79. The molecule has 0 amide bonds. The molecule has 2 aliphatic rings. The maximum Gasteiger partial charge on any atom is 0.127 e. The van der Waals surface area contributed by atoms with Crippen LogP contribution < -0.4 is 5.32 Å². The standard InChI is InChI=1S/C16H24BrN3O2/c17-15-8-12(11-20-4-6-22-7-5-20)9-16(19-15)18-13-2-1-3-14(21)10-13/h8-9,13-14,21H,1-7,10-11H2,(H,18,19).